The molecule has 5 atom stereocenters. The van der Waals surface area contributed by atoms with Crippen LogP contribution in [0.15, 0.2) is 29.1 Å². The molecule has 0 radical (unpaired) electrons. The highest BCUT2D eigenvalue weighted by atomic mass is 35.5. The van der Waals surface area contributed by atoms with Crippen molar-refractivity contribution in [3.05, 3.63) is 50.0 Å². The summed E-state index contributed by atoms with van der Waals surface area (Å²) < 4.78 is 28.6. The van der Waals surface area contributed by atoms with Crippen LogP contribution in [0.4, 0.5) is 0 Å². The third-order valence-corrected chi connectivity index (χ3v) is 6.15. The van der Waals surface area contributed by atoms with Crippen LogP contribution in [0.3, 0.4) is 0 Å². The summed E-state index contributed by atoms with van der Waals surface area (Å²) in [5.41, 5.74) is -0.900. The molecular formula is C25H24ClN3O10S. The molecule has 1 N–H and O–H groups in total. The minimum atomic E-state index is -1.53. The van der Waals surface area contributed by atoms with Crippen LogP contribution >= 0.6 is 23.8 Å². The van der Waals surface area contributed by atoms with E-state index in [1.165, 1.54) is 28.8 Å². The lowest BCUT2D eigenvalue weighted by Gasteiger charge is -2.45. The summed E-state index contributed by atoms with van der Waals surface area (Å²) >= 11 is 11.5. The monoisotopic (exact) mass is 593 g/mol. The second kappa shape index (κ2) is 12.9. The Labute approximate surface area is 237 Å². The molecular weight excluding hydrogens is 570 g/mol. The Balaban J connectivity index is 2.36. The largest absolute Gasteiger partial charge is 0.463 e. The first-order valence-corrected chi connectivity index (χ1v) is 12.5. The van der Waals surface area contributed by atoms with Gasteiger partial charge in [0.25, 0.3) is 5.56 Å². The maximum Gasteiger partial charge on any atom is 0.303 e. The molecule has 1 saturated heterocycles. The lowest BCUT2D eigenvalue weighted by atomic mass is 9.96. The number of aromatic nitrogens is 2. The Morgan fingerprint density at radius 3 is 2.05 bits per heavy atom. The first kappa shape index (κ1) is 30.5. The van der Waals surface area contributed by atoms with Gasteiger partial charge < -0.3 is 23.7 Å². The van der Waals surface area contributed by atoms with E-state index in [2.05, 4.69) is 4.98 Å². The van der Waals surface area contributed by atoms with Crippen molar-refractivity contribution < 1.29 is 42.9 Å². The smallest absolute Gasteiger partial charge is 0.303 e. The zero-order valence-corrected chi connectivity index (χ0v) is 23.2. The molecule has 0 bridgehead atoms. The number of H-pyrrole nitrogens is 1. The number of carbonyl (C=O) groups excluding carboxylic acids is 4. The van der Waals surface area contributed by atoms with Gasteiger partial charge in [0.1, 0.15) is 24.3 Å². The molecule has 13 nitrogen and oxygen atoms in total. The number of nitrogens with zero attached hydrogens (tertiary/aromatic N) is 2. The molecule has 1 aliphatic rings. The number of esters is 4. The zero-order valence-electron chi connectivity index (χ0n) is 21.7. The van der Waals surface area contributed by atoms with Gasteiger partial charge in [-0.3, -0.25) is 33.5 Å². The van der Waals surface area contributed by atoms with Crippen LogP contribution < -0.4 is 5.56 Å². The summed E-state index contributed by atoms with van der Waals surface area (Å²) in [6.07, 6.45) is -7.22. The number of benzene rings is 1. The third kappa shape index (κ3) is 6.92. The van der Waals surface area contributed by atoms with Gasteiger partial charge in [0, 0.05) is 32.7 Å². The van der Waals surface area contributed by atoms with Gasteiger partial charge in [-0.15, -0.1) is 0 Å². The normalized spacial score (nSPS) is 21.9. The molecule has 2 heterocycles. The maximum absolute atomic E-state index is 12.8. The van der Waals surface area contributed by atoms with Gasteiger partial charge in [0.15, 0.2) is 29.3 Å². The van der Waals surface area contributed by atoms with Gasteiger partial charge >= 0.3 is 23.9 Å². The Kier molecular flexibility index (Phi) is 9.80. The van der Waals surface area contributed by atoms with E-state index in [9.17, 15) is 29.2 Å². The van der Waals surface area contributed by atoms with Crippen molar-refractivity contribution in [2.24, 2.45) is 0 Å². The van der Waals surface area contributed by atoms with Crippen molar-refractivity contribution in [1.29, 1.82) is 5.26 Å². The SMILES string of the molecule is CC(=O)OC[C@H]1O[C@@H](n2c(-c3ccc(Cl)cc3)c(C#N)c(=O)[nH]c2=S)[C@H](OC(C)=O)[C@@H](OC(C)=O)[C@@H]1OC(C)=O. The third-order valence-electron chi connectivity index (χ3n) is 5.59. The first-order valence-electron chi connectivity index (χ1n) is 11.7. The Bertz CT molecular complexity index is 1480. The summed E-state index contributed by atoms with van der Waals surface area (Å²) in [4.78, 5) is 63.2. The molecule has 3 rings (SSSR count). The fourth-order valence-corrected chi connectivity index (χ4v) is 4.61. The van der Waals surface area contributed by atoms with Crippen molar-refractivity contribution in [2.45, 2.75) is 58.3 Å². The summed E-state index contributed by atoms with van der Waals surface area (Å²) in [5, 5.41) is 10.3. The van der Waals surface area contributed by atoms with E-state index >= 15 is 0 Å². The van der Waals surface area contributed by atoms with Crippen LogP contribution in [0.5, 0.6) is 0 Å². The van der Waals surface area contributed by atoms with E-state index in [1.807, 2.05) is 6.07 Å². The van der Waals surface area contributed by atoms with Crippen molar-refractivity contribution in [3.8, 4) is 17.3 Å². The number of halogens is 1. The van der Waals surface area contributed by atoms with Crippen molar-refractivity contribution in [1.82, 2.24) is 9.55 Å². The fraction of sp³-hybridized carbons (Fsp3) is 0.400. The topological polar surface area (TPSA) is 176 Å². The Hall–Kier alpha value is -4.06. The number of nitrogens with one attached hydrogen (secondary N) is 1. The molecule has 15 heteroatoms. The fourth-order valence-electron chi connectivity index (χ4n) is 4.20. The van der Waals surface area contributed by atoms with Crippen LogP contribution in [-0.2, 0) is 42.9 Å². The number of aromatic amines is 1. The van der Waals surface area contributed by atoms with Crippen LogP contribution in [0.1, 0.15) is 39.5 Å². The number of rotatable bonds is 7. The standard InChI is InChI=1S/C25H24ClN3O10S/c1-11(30)35-10-18-20(36-12(2)31)21(37-13(3)32)22(38-14(4)33)24(39-18)29-19(15-5-7-16(26)8-6-15)17(9-27)23(34)28-25(29)40/h5-8,18,20-22,24H,10H2,1-4H3,(H,28,34,40)/t18-,20-,21+,22-,24-/m1/s1. The Morgan fingerprint density at radius 2 is 1.52 bits per heavy atom. The molecule has 0 amide bonds. The van der Waals surface area contributed by atoms with Crippen LogP contribution in [-0.4, -0.2) is 64.5 Å². The van der Waals surface area contributed by atoms with E-state index in [-0.39, 0.29) is 16.0 Å². The summed E-state index contributed by atoms with van der Waals surface area (Å²) in [5.74, 6) is -3.15. The number of ether oxygens (including phenoxy) is 5. The molecule has 0 aliphatic carbocycles. The second-order valence-electron chi connectivity index (χ2n) is 8.56. The average Bonchev–Trinajstić information content (AvgIpc) is 2.85. The average molecular weight is 594 g/mol. The summed E-state index contributed by atoms with van der Waals surface area (Å²) in [7, 11) is 0. The van der Waals surface area contributed by atoms with Crippen LogP contribution in [0.2, 0.25) is 5.02 Å². The number of nitriles is 1. The lowest BCUT2D eigenvalue weighted by molar-refractivity contribution is -0.268. The highest BCUT2D eigenvalue weighted by molar-refractivity contribution is 7.71. The highest BCUT2D eigenvalue weighted by Gasteiger charge is 2.53. The van der Waals surface area contributed by atoms with Gasteiger partial charge in [0.05, 0.1) is 5.69 Å². The predicted molar refractivity (Wildman–Crippen MR) is 138 cm³/mol. The van der Waals surface area contributed by atoms with Gasteiger partial charge in [-0.2, -0.15) is 5.26 Å². The van der Waals surface area contributed by atoms with Crippen molar-refractivity contribution in [2.75, 3.05) is 6.61 Å². The van der Waals surface area contributed by atoms with E-state index < -0.39 is 66.7 Å². The van der Waals surface area contributed by atoms with E-state index in [4.69, 9.17) is 47.5 Å². The summed E-state index contributed by atoms with van der Waals surface area (Å²) in [6, 6.07) is 7.91. The van der Waals surface area contributed by atoms with Crippen LogP contribution in [0.25, 0.3) is 11.3 Å². The predicted octanol–water partition coefficient (Wildman–Crippen LogP) is 2.35. The molecule has 40 heavy (non-hydrogen) atoms. The van der Waals surface area contributed by atoms with E-state index in [0.717, 1.165) is 27.7 Å². The molecule has 1 aromatic heterocycles. The van der Waals surface area contributed by atoms with Gasteiger partial charge in [-0.1, -0.05) is 23.7 Å². The number of hydrogen-bond acceptors (Lipinski definition) is 12. The van der Waals surface area contributed by atoms with Crippen molar-refractivity contribution >= 4 is 47.7 Å². The quantitative estimate of drug-likeness (QED) is 0.282. The van der Waals surface area contributed by atoms with Crippen molar-refractivity contribution in [3.63, 3.8) is 0 Å². The van der Waals surface area contributed by atoms with Gasteiger partial charge in [-0.25, -0.2) is 0 Å². The number of hydrogen-bond donors (Lipinski definition) is 1. The van der Waals surface area contributed by atoms with E-state index in [1.54, 1.807) is 0 Å². The molecule has 0 spiro atoms. The summed E-state index contributed by atoms with van der Waals surface area (Å²) in [6.45, 7) is 3.92. The second-order valence-corrected chi connectivity index (χ2v) is 9.38. The molecule has 0 saturated carbocycles. The molecule has 1 aliphatic heterocycles. The number of carbonyl (C=O) groups is 4. The van der Waals surface area contributed by atoms with Gasteiger partial charge in [0.2, 0.25) is 0 Å². The minimum absolute atomic E-state index is 0.0335. The maximum atomic E-state index is 12.8. The molecule has 1 aromatic carbocycles. The van der Waals surface area contributed by atoms with E-state index in [0.29, 0.717) is 10.6 Å². The minimum Gasteiger partial charge on any atom is -0.463 e. The van der Waals surface area contributed by atoms with Crippen LogP contribution in [0, 0.1) is 16.1 Å². The first-order chi connectivity index (χ1) is 18.8. The molecule has 1 fully saturated rings. The lowest BCUT2D eigenvalue weighted by Crippen LogP contribution is -2.60. The molecule has 0 unspecified atom stereocenters. The molecule has 212 valence electrons. The zero-order chi connectivity index (χ0) is 29.7. The molecule has 2 aromatic rings. The van der Waals surface area contributed by atoms with Gasteiger partial charge in [-0.05, 0) is 29.9 Å². The Morgan fingerprint density at radius 1 is 0.975 bits per heavy atom. The highest BCUT2D eigenvalue weighted by Crippen LogP contribution is 2.38.